The van der Waals surface area contributed by atoms with Crippen molar-refractivity contribution in [1.29, 1.82) is 0 Å². The summed E-state index contributed by atoms with van der Waals surface area (Å²) in [6.07, 6.45) is 1.02. The van der Waals surface area contributed by atoms with E-state index < -0.39 is 40.2 Å². The predicted molar refractivity (Wildman–Crippen MR) is 132 cm³/mol. The first-order chi connectivity index (χ1) is 15.8. The Kier molecular flexibility index (Phi) is 9.21. The van der Waals surface area contributed by atoms with E-state index in [2.05, 4.69) is 5.32 Å². The number of carbonyl (C=O) groups excluding carboxylic acids is 2. The first kappa shape index (κ1) is 27.3. The quantitative estimate of drug-likeness (QED) is 0.552. The predicted octanol–water partition coefficient (Wildman–Crippen LogP) is 3.40. The van der Waals surface area contributed by atoms with Crippen molar-refractivity contribution >= 4 is 27.5 Å². The van der Waals surface area contributed by atoms with E-state index in [-0.39, 0.29) is 18.0 Å². The number of nitrogens with one attached hydrogen (secondary N) is 1. The number of carbonyl (C=O) groups is 2. The zero-order valence-electron chi connectivity index (χ0n) is 20.6. The number of nitrogens with zero attached hydrogens (tertiary/aromatic N) is 2. The maximum atomic E-state index is 14.4. The third kappa shape index (κ3) is 7.28. The van der Waals surface area contributed by atoms with Gasteiger partial charge in [-0.15, -0.1) is 0 Å². The van der Waals surface area contributed by atoms with Crippen LogP contribution in [-0.2, 0) is 26.2 Å². The fourth-order valence-corrected chi connectivity index (χ4v) is 4.18. The minimum Gasteiger partial charge on any atom is -0.354 e. The first-order valence-corrected chi connectivity index (χ1v) is 13.0. The molecule has 0 aromatic heterocycles. The number of hydrogen-bond donors (Lipinski definition) is 1. The average molecular weight is 492 g/mol. The highest BCUT2D eigenvalue weighted by atomic mass is 32.2. The van der Waals surface area contributed by atoms with Gasteiger partial charge in [0.1, 0.15) is 18.4 Å². The second-order valence-electron chi connectivity index (χ2n) is 8.97. The van der Waals surface area contributed by atoms with E-state index in [4.69, 9.17) is 0 Å². The first-order valence-electron chi connectivity index (χ1n) is 11.2. The molecule has 7 nitrogen and oxygen atoms in total. The number of anilines is 1. The van der Waals surface area contributed by atoms with Crippen LogP contribution in [0, 0.1) is 25.6 Å². The lowest BCUT2D eigenvalue weighted by molar-refractivity contribution is -0.139. The largest absolute Gasteiger partial charge is 0.354 e. The second kappa shape index (κ2) is 11.5. The number of halogens is 1. The van der Waals surface area contributed by atoms with Crippen LogP contribution in [0.3, 0.4) is 0 Å². The van der Waals surface area contributed by atoms with Gasteiger partial charge in [0.15, 0.2) is 0 Å². The standard InChI is InChI=1S/C25H34FN3O4S/c1-17(2)14-27-25(31)20(5)28(15-21-9-7-8-10-23(21)26)24(30)16-29(34(6,32)33)22-12-11-18(3)19(4)13-22/h7-13,17,20H,14-16H2,1-6H3,(H,27,31)/t20-/m0/s1. The molecule has 9 heteroatoms. The van der Waals surface area contributed by atoms with Crippen molar-refractivity contribution in [2.75, 3.05) is 23.7 Å². The van der Waals surface area contributed by atoms with Crippen LogP contribution < -0.4 is 9.62 Å². The van der Waals surface area contributed by atoms with Crippen LogP contribution >= 0.6 is 0 Å². The van der Waals surface area contributed by atoms with E-state index in [1.54, 1.807) is 31.2 Å². The molecule has 1 atom stereocenters. The van der Waals surface area contributed by atoms with Gasteiger partial charge in [-0.2, -0.15) is 0 Å². The molecule has 2 aromatic carbocycles. The summed E-state index contributed by atoms with van der Waals surface area (Å²) in [6.45, 7) is 8.93. The van der Waals surface area contributed by atoms with Crippen molar-refractivity contribution in [3.05, 3.63) is 65.0 Å². The van der Waals surface area contributed by atoms with E-state index in [9.17, 15) is 22.4 Å². The molecule has 2 amide bonds. The molecule has 0 bridgehead atoms. The van der Waals surface area contributed by atoms with Gasteiger partial charge in [-0.3, -0.25) is 13.9 Å². The number of hydrogen-bond acceptors (Lipinski definition) is 4. The van der Waals surface area contributed by atoms with Crippen molar-refractivity contribution < 1.29 is 22.4 Å². The molecule has 0 saturated heterocycles. The van der Waals surface area contributed by atoms with Crippen molar-refractivity contribution in [2.24, 2.45) is 5.92 Å². The molecule has 0 spiro atoms. The number of sulfonamides is 1. The van der Waals surface area contributed by atoms with Crippen LogP contribution in [0.5, 0.6) is 0 Å². The molecule has 0 aliphatic rings. The van der Waals surface area contributed by atoms with Gasteiger partial charge in [0.05, 0.1) is 11.9 Å². The molecule has 0 aliphatic heterocycles. The molecule has 0 fully saturated rings. The molecule has 1 N–H and O–H groups in total. The monoisotopic (exact) mass is 491 g/mol. The summed E-state index contributed by atoms with van der Waals surface area (Å²) in [5.41, 5.74) is 2.45. The Hall–Kier alpha value is -2.94. The molecule has 0 saturated carbocycles. The van der Waals surface area contributed by atoms with Crippen LogP contribution in [0.15, 0.2) is 42.5 Å². The van der Waals surface area contributed by atoms with Crippen molar-refractivity contribution in [3.63, 3.8) is 0 Å². The lowest BCUT2D eigenvalue weighted by Gasteiger charge is -2.31. The highest BCUT2D eigenvalue weighted by Crippen LogP contribution is 2.22. The van der Waals surface area contributed by atoms with Gasteiger partial charge in [0.2, 0.25) is 21.8 Å². The van der Waals surface area contributed by atoms with Crippen molar-refractivity contribution in [2.45, 2.75) is 47.2 Å². The zero-order chi connectivity index (χ0) is 25.6. The van der Waals surface area contributed by atoms with Crippen molar-refractivity contribution in [3.8, 4) is 0 Å². The third-order valence-corrected chi connectivity index (χ3v) is 6.75. The van der Waals surface area contributed by atoms with Gasteiger partial charge in [-0.1, -0.05) is 38.1 Å². The Bertz CT molecular complexity index is 1130. The number of benzene rings is 2. The Morgan fingerprint density at radius 1 is 1.03 bits per heavy atom. The van der Waals surface area contributed by atoms with Gasteiger partial charge in [0, 0.05) is 18.7 Å². The smallest absolute Gasteiger partial charge is 0.244 e. The van der Waals surface area contributed by atoms with E-state index in [0.717, 1.165) is 21.7 Å². The van der Waals surface area contributed by atoms with Crippen LogP contribution in [0.25, 0.3) is 0 Å². The molecule has 0 unspecified atom stereocenters. The fraction of sp³-hybridized carbons (Fsp3) is 0.440. The third-order valence-electron chi connectivity index (χ3n) is 5.61. The molecule has 186 valence electrons. The topological polar surface area (TPSA) is 86.8 Å². The van der Waals surface area contributed by atoms with Crippen LogP contribution in [0.4, 0.5) is 10.1 Å². The van der Waals surface area contributed by atoms with Crippen LogP contribution in [0.2, 0.25) is 0 Å². The number of aryl methyl sites for hydroxylation is 2. The molecular formula is C25H34FN3O4S. The Balaban J connectivity index is 2.40. The average Bonchev–Trinajstić information content (AvgIpc) is 2.75. The maximum absolute atomic E-state index is 14.4. The highest BCUT2D eigenvalue weighted by Gasteiger charge is 2.30. The lowest BCUT2D eigenvalue weighted by Crippen LogP contribution is -2.51. The molecule has 2 aromatic rings. The van der Waals surface area contributed by atoms with Gasteiger partial charge in [-0.25, -0.2) is 12.8 Å². The fourth-order valence-electron chi connectivity index (χ4n) is 3.34. The van der Waals surface area contributed by atoms with Gasteiger partial charge in [0.25, 0.3) is 0 Å². The Morgan fingerprint density at radius 2 is 1.68 bits per heavy atom. The molecule has 0 aliphatic carbocycles. The molecular weight excluding hydrogens is 457 g/mol. The molecule has 0 radical (unpaired) electrons. The Morgan fingerprint density at radius 3 is 2.24 bits per heavy atom. The minimum absolute atomic E-state index is 0.174. The van der Waals surface area contributed by atoms with E-state index in [1.165, 1.54) is 23.1 Å². The van der Waals surface area contributed by atoms with E-state index in [1.807, 2.05) is 27.7 Å². The lowest BCUT2D eigenvalue weighted by atomic mass is 10.1. The Labute approximate surface area is 202 Å². The van der Waals surface area contributed by atoms with Gasteiger partial charge < -0.3 is 10.2 Å². The van der Waals surface area contributed by atoms with E-state index >= 15 is 0 Å². The molecule has 2 rings (SSSR count). The summed E-state index contributed by atoms with van der Waals surface area (Å²) in [6, 6.07) is 10.2. The summed E-state index contributed by atoms with van der Waals surface area (Å²) in [7, 11) is -3.81. The van der Waals surface area contributed by atoms with Gasteiger partial charge >= 0.3 is 0 Å². The number of amides is 2. The summed E-state index contributed by atoms with van der Waals surface area (Å²) >= 11 is 0. The minimum atomic E-state index is -3.81. The van der Waals surface area contributed by atoms with Crippen molar-refractivity contribution in [1.82, 2.24) is 10.2 Å². The maximum Gasteiger partial charge on any atom is 0.244 e. The summed E-state index contributed by atoms with van der Waals surface area (Å²) < 4.78 is 40.6. The highest BCUT2D eigenvalue weighted by molar-refractivity contribution is 7.92. The normalized spacial score (nSPS) is 12.4. The summed E-state index contributed by atoms with van der Waals surface area (Å²) in [5.74, 6) is -1.31. The van der Waals surface area contributed by atoms with Crippen LogP contribution in [-0.4, -0.2) is 50.5 Å². The summed E-state index contributed by atoms with van der Waals surface area (Å²) in [5, 5.41) is 2.79. The molecule has 0 heterocycles. The number of rotatable bonds is 10. The summed E-state index contributed by atoms with van der Waals surface area (Å²) in [4.78, 5) is 27.4. The molecule has 34 heavy (non-hydrogen) atoms. The zero-order valence-corrected chi connectivity index (χ0v) is 21.4. The van der Waals surface area contributed by atoms with Crippen LogP contribution in [0.1, 0.15) is 37.5 Å². The van der Waals surface area contributed by atoms with E-state index in [0.29, 0.717) is 12.2 Å². The SMILES string of the molecule is Cc1ccc(N(CC(=O)N(Cc2ccccc2F)[C@@H](C)C(=O)NCC(C)C)S(C)(=O)=O)cc1C. The second-order valence-corrected chi connectivity index (χ2v) is 10.9. The van der Waals surface area contributed by atoms with Gasteiger partial charge in [-0.05, 0) is 56.0 Å².